The number of nitrogens with one attached hydrogen (secondary N) is 1. The normalized spacial score (nSPS) is 15.2. The Morgan fingerprint density at radius 2 is 1.82 bits per heavy atom. The second-order valence-corrected chi connectivity index (χ2v) is 7.45. The van der Waals surface area contributed by atoms with Crippen molar-refractivity contribution in [3.05, 3.63) is 69.8 Å². The van der Waals surface area contributed by atoms with Crippen molar-refractivity contribution < 1.29 is 14.5 Å². The molecule has 0 radical (unpaired) electrons. The average Bonchev–Trinajstić information content (AvgIpc) is 2.73. The monoisotopic (exact) mass is 383 g/mol. The number of nitrogens with zero attached hydrogens (tertiary/aromatic N) is 2. The van der Waals surface area contributed by atoms with Gasteiger partial charge in [0.2, 0.25) is 0 Å². The zero-order valence-electron chi connectivity index (χ0n) is 16.2. The highest BCUT2D eigenvalue weighted by Gasteiger charge is 2.29. The van der Waals surface area contributed by atoms with Crippen LogP contribution in [0.1, 0.15) is 29.8 Å². The van der Waals surface area contributed by atoms with Crippen LogP contribution in [0.15, 0.2) is 48.5 Å². The van der Waals surface area contributed by atoms with Crippen molar-refractivity contribution in [1.82, 2.24) is 4.90 Å². The maximum absolute atomic E-state index is 12.6. The summed E-state index contributed by atoms with van der Waals surface area (Å²) in [4.78, 5) is 26.0. The Morgan fingerprint density at radius 1 is 1.14 bits per heavy atom. The second kappa shape index (κ2) is 8.50. The van der Waals surface area contributed by atoms with Crippen molar-refractivity contribution in [2.75, 3.05) is 38.2 Å². The van der Waals surface area contributed by atoms with Gasteiger partial charge < -0.3 is 10.1 Å². The number of rotatable bonds is 7. The number of benzene rings is 2. The molecule has 1 heterocycles. The number of ether oxygens (including phenoxy) is 1. The number of carbonyl (C=O) groups excluding carboxylic acids is 1. The molecular formula is C21H25N3O4. The molecule has 0 unspecified atom stereocenters. The lowest BCUT2D eigenvalue weighted by molar-refractivity contribution is -0.384. The topological polar surface area (TPSA) is 84.7 Å². The van der Waals surface area contributed by atoms with Gasteiger partial charge in [-0.3, -0.25) is 19.8 Å². The molecule has 1 fully saturated rings. The van der Waals surface area contributed by atoms with Gasteiger partial charge in [-0.05, 0) is 26.0 Å². The fourth-order valence-corrected chi connectivity index (χ4v) is 3.32. The predicted molar refractivity (Wildman–Crippen MR) is 108 cm³/mol. The summed E-state index contributed by atoms with van der Waals surface area (Å²) in [5.41, 5.74) is 0.938. The van der Waals surface area contributed by atoms with Crippen molar-refractivity contribution in [2.24, 2.45) is 0 Å². The first-order valence-electron chi connectivity index (χ1n) is 9.33. The zero-order chi connectivity index (χ0) is 20.1. The fraction of sp³-hybridized carbons (Fsp3) is 0.381. The van der Waals surface area contributed by atoms with E-state index in [1.807, 2.05) is 6.07 Å². The third kappa shape index (κ3) is 4.55. The summed E-state index contributed by atoms with van der Waals surface area (Å²) in [6, 6.07) is 13.4. The van der Waals surface area contributed by atoms with E-state index < -0.39 is 4.92 Å². The van der Waals surface area contributed by atoms with E-state index in [0.29, 0.717) is 36.6 Å². The lowest BCUT2D eigenvalue weighted by Gasteiger charge is -2.41. The number of nitro benzene ring substituents is 1. The Bertz CT molecular complexity index is 846. The Balaban J connectivity index is 1.78. The maximum atomic E-state index is 12.6. The standard InChI is InChI=1S/C21H25N3O4/c1-21(2,23-10-12-28-13-11-23)15-22-18-9-8-17(14-19(18)24(26)27)20(25)16-6-4-3-5-7-16/h3-9,14,22H,10-13,15H2,1-2H3. The number of morpholine rings is 1. The Kier molecular flexibility index (Phi) is 6.06. The van der Waals surface area contributed by atoms with E-state index in [2.05, 4.69) is 24.1 Å². The molecule has 0 aromatic heterocycles. The minimum absolute atomic E-state index is 0.0976. The van der Waals surface area contributed by atoms with E-state index in [4.69, 9.17) is 4.74 Å². The van der Waals surface area contributed by atoms with Crippen molar-refractivity contribution >= 4 is 17.2 Å². The van der Waals surface area contributed by atoms with Crippen LogP contribution in [0.4, 0.5) is 11.4 Å². The van der Waals surface area contributed by atoms with Gasteiger partial charge >= 0.3 is 0 Å². The van der Waals surface area contributed by atoms with E-state index >= 15 is 0 Å². The van der Waals surface area contributed by atoms with E-state index in [-0.39, 0.29) is 17.0 Å². The molecule has 2 aromatic rings. The fourth-order valence-electron chi connectivity index (χ4n) is 3.32. The van der Waals surface area contributed by atoms with Crippen LogP contribution in [0.2, 0.25) is 0 Å². The third-order valence-electron chi connectivity index (χ3n) is 5.07. The molecule has 0 bridgehead atoms. The highest BCUT2D eigenvalue weighted by Crippen LogP contribution is 2.28. The minimum atomic E-state index is -0.453. The van der Waals surface area contributed by atoms with Crippen molar-refractivity contribution in [3.63, 3.8) is 0 Å². The molecule has 1 aliphatic rings. The van der Waals surface area contributed by atoms with Crippen molar-refractivity contribution in [3.8, 4) is 0 Å². The van der Waals surface area contributed by atoms with Crippen LogP contribution >= 0.6 is 0 Å². The predicted octanol–water partition coefficient (Wildman–Crippen LogP) is 3.35. The van der Waals surface area contributed by atoms with Crippen LogP contribution in [0.5, 0.6) is 0 Å². The molecule has 3 rings (SSSR count). The van der Waals surface area contributed by atoms with Gasteiger partial charge in [0.15, 0.2) is 5.78 Å². The summed E-state index contributed by atoms with van der Waals surface area (Å²) in [5.74, 6) is -0.233. The van der Waals surface area contributed by atoms with Crippen molar-refractivity contribution in [1.29, 1.82) is 0 Å². The van der Waals surface area contributed by atoms with Gasteiger partial charge in [-0.15, -0.1) is 0 Å². The molecule has 0 amide bonds. The van der Waals surface area contributed by atoms with Crippen molar-refractivity contribution in [2.45, 2.75) is 19.4 Å². The highest BCUT2D eigenvalue weighted by atomic mass is 16.6. The van der Waals surface area contributed by atoms with Crippen LogP contribution in [0, 0.1) is 10.1 Å². The van der Waals surface area contributed by atoms with Gasteiger partial charge in [0, 0.05) is 42.4 Å². The van der Waals surface area contributed by atoms with Crippen LogP contribution in [0.25, 0.3) is 0 Å². The minimum Gasteiger partial charge on any atom is -0.379 e. The molecule has 0 atom stereocenters. The number of hydrogen-bond acceptors (Lipinski definition) is 6. The van der Waals surface area contributed by atoms with E-state index in [9.17, 15) is 14.9 Å². The molecule has 7 nitrogen and oxygen atoms in total. The first-order valence-corrected chi connectivity index (χ1v) is 9.33. The Morgan fingerprint density at radius 3 is 2.46 bits per heavy atom. The summed E-state index contributed by atoms with van der Waals surface area (Å²) in [6.45, 7) is 7.80. The molecule has 1 aliphatic heterocycles. The molecule has 1 N–H and O–H groups in total. The average molecular weight is 383 g/mol. The van der Waals surface area contributed by atoms with Gasteiger partial charge in [-0.25, -0.2) is 0 Å². The largest absolute Gasteiger partial charge is 0.379 e. The number of anilines is 1. The molecule has 28 heavy (non-hydrogen) atoms. The highest BCUT2D eigenvalue weighted by molar-refractivity contribution is 6.09. The van der Waals surface area contributed by atoms with Gasteiger partial charge in [0.1, 0.15) is 5.69 Å². The van der Waals surface area contributed by atoms with Gasteiger partial charge in [0.25, 0.3) is 5.69 Å². The second-order valence-electron chi connectivity index (χ2n) is 7.45. The van der Waals surface area contributed by atoms with Gasteiger partial charge in [-0.2, -0.15) is 0 Å². The lowest BCUT2D eigenvalue weighted by atomic mass is 10.0. The van der Waals surface area contributed by atoms with E-state index in [1.54, 1.807) is 36.4 Å². The van der Waals surface area contributed by atoms with Crippen LogP contribution in [-0.2, 0) is 4.74 Å². The molecule has 2 aromatic carbocycles. The van der Waals surface area contributed by atoms with Gasteiger partial charge in [0.05, 0.1) is 18.1 Å². The van der Waals surface area contributed by atoms with Crippen LogP contribution in [-0.4, -0.2) is 54.0 Å². The zero-order valence-corrected chi connectivity index (χ0v) is 16.2. The summed E-state index contributed by atoms with van der Waals surface area (Å²) in [6.07, 6.45) is 0. The quantitative estimate of drug-likeness (QED) is 0.448. The summed E-state index contributed by atoms with van der Waals surface area (Å²) < 4.78 is 5.40. The number of nitro groups is 1. The third-order valence-corrected chi connectivity index (χ3v) is 5.07. The molecule has 7 heteroatoms. The SMILES string of the molecule is CC(C)(CNc1ccc(C(=O)c2ccccc2)cc1[N+](=O)[O-])N1CCOCC1. The van der Waals surface area contributed by atoms with Crippen LogP contribution in [0.3, 0.4) is 0 Å². The summed E-state index contributed by atoms with van der Waals surface area (Å²) in [5, 5.41) is 14.8. The van der Waals surface area contributed by atoms with E-state index in [0.717, 1.165) is 13.1 Å². The maximum Gasteiger partial charge on any atom is 0.293 e. The summed E-state index contributed by atoms with van der Waals surface area (Å²) in [7, 11) is 0. The van der Waals surface area contributed by atoms with E-state index in [1.165, 1.54) is 6.07 Å². The number of ketones is 1. The smallest absolute Gasteiger partial charge is 0.293 e. The van der Waals surface area contributed by atoms with Gasteiger partial charge in [-0.1, -0.05) is 30.3 Å². The molecule has 148 valence electrons. The first-order chi connectivity index (χ1) is 13.4. The number of carbonyl (C=O) groups is 1. The first kappa shape index (κ1) is 20.0. The Hall–Kier alpha value is -2.77. The Labute approximate surface area is 164 Å². The molecule has 0 spiro atoms. The summed E-state index contributed by atoms with van der Waals surface area (Å²) >= 11 is 0. The molecule has 0 aliphatic carbocycles. The lowest BCUT2D eigenvalue weighted by Crippen LogP contribution is -2.53. The molecule has 1 saturated heterocycles. The molecular weight excluding hydrogens is 358 g/mol. The number of hydrogen-bond donors (Lipinski definition) is 1. The molecule has 0 saturated carbocycles. The van der Waals surface area contributed by atoms with Crippen LogP contribution < -0.4 is 5.32 Å².